The second-order valence-corrected chi connectivity index (χ2v) is 13.0. The fourth-order valence-corrected chi connectivity index (χ4v) is 6.43. The first-order chi connectivity index (χ1) is 21.8. The van der Waals surface area contributed by atoms with Gasteiger partial charge < -0.3 is 14.7 Å². The fourth-order valence-electron chi connectivity index (χ4n) is 5.46. The van der Waals surface area contributed by atoms with Crippen molar-refractivity contribution in [1.82, 2.24) is 9.97 Å². The first-order valence-corrected chi connectivity index (χ1v) is 16.1. The highest BCUT2D eigenvalue weighted by atomic mass is 32.2. The van der Waals surface area contributed by atoms with Crippen molar-refractivity contribution in [3.63, 3.8) is 0 Å². The molecule has 242 valence electrons. The summed E-state index contributed by atoms with van der Waals surface area (Å²) in [5, 5.41) is 9.44. The Hall–Kier alpha value is -4.65. The van der Waals surface area contributed by atoms with Crippen molar-refractivity contribution < 1.29 is 36.2 Å². The number of aliphatic carboxylic acids is 1. The lowest BCUT2D eigenvalue weighted by atomic mass is 9.82. The monoisotopic (exact) mass is 654 g/mol. The maximum atomic E-state index is 13.6. The van der Waals surface area contributed by atoms with Crippen molar-refractivity contribution in [3.8, 4) is 28.1 Å². The number of hydrogen-bond donors (Lipinski definition) is 2. The predicted octanol–water partition coefficient (Wildman–Crippen LogP) is 6.81. The molecule has 1 aliphatic rings. The number of pyridine rings is 2. The van der Waals surface area contributed by atoms with Crippen LogP contribution in [0.15, 0.2) is 83.9 Å². The summed E-state index contributed by atoms with van der Waals surface area (Å²) in [7, 11) is -4.23. The number of rotatable bonds is 10. The number of carbonyl (C=O) groups is 1. The third-order valence-electron chi connectivity index (χ3n) is 7.86. The molecule has 3 heterocycles. The van der Waals surface area contributed by atoms with Gasteiger partial charge in [-0.05, 0) is 73.7 Å². The highest BCUT2D eigenvalue weighted by Gasteiger charge is 2.38. The summed E-state index contributed by atoms with van der Waals surface area (Å²) in [5.74, 6) is -0.530. The molecule has 1 aliphatic heterocycles. The summed E-state index contributed by atoms with van der Waals surface area (Å²) in [6.07, 6.45) is -2.72. The summed E-state index contributed by atoms with van der Waals surface area (Å²) in [6, 6.07) is 21.3. The molecule has 2 N–H and O–H groups in total. The summed E-state index contributed by atoms with van der Waals surface area (Å²) < 4.78 is 73.0. The number of alkyl halides is 3. The quantitative estimate of drug-likeness (QED) is 0.191. The molecule has 13 heteroatoms. The molecule has 0 aliphatic carbocycles. The number of benzene rings is 2. The SMILES string of the molecule is CCc1ccccc1-c1nc(NS(=O)(=O)c2cccc(N3CCCC(C)(C(=O)O)C3)n2)ccc1-c1cccc(OCC(F)(F)F)c1. The van der Waals surface area contributed by atoms with Gasteiger partial charge in [0.05, 0.1) is 11.1 Å². The lowest BCUT2D eigenvalue weighted by Crippen LogP contribution is -2.46. The molecular weight excluding hydrogens is 621 g/mol. The lowest BCUT2D eigenvalue weighted by molar-refractivity contribution is -0.153. The zero-order chi connectivity index (χ0) is 33.1. The Bertz CT molecular complexity index is 1850. The van der Waals surface area contributed by atoms with Crippen molar-refractivity contribution in [2.24, 2.45) is 5.41 Å². The van der Waals surface area contributed by atoms with Crippen molar-refractivity contribution in [1.29, 1.82) is 0 Å². The molecule has 0 bridgehead atoms. The first-order valence-electron chi connectivity index (χ1n) is 14.7. The van der Waals surface area contributed by atoms with Crippen LogP contribution in [0.5, 0.6) is 5.75 Å². The average molecular weight is 655 g/mol. The number of nitrogens with one attached hydrogen (secondary N) is 1. The first kappa shape index (κ1) is 32.7. The molecule has 9 nitrogen and oxygen atoms in total. The van der Waals surface area contributed by atoms with E-state index in [-0.39, 0.29) is 23.1 Å². The van der Waals surface area contributed by atoms with Crippen molar-refractivity contribution in [2.45, 2.75) is 44.3 Å². The minimum Gasteiger partial charge on any atom is -0.484 e. The summed E-state index contributed by atoms with van der Waals surface area (Å²) in [6.45, 7) is 2.93. The zero-order valence-corrected chi connectivity index (χ0v) is 26.0. The molecule has 0 saturated carbocycles. The Kier molecular flexibility index (Phi) is 9.24. The minimum absolute atomic E-state index is 0.0118. The van der Waals surface area contributed by atoms with Crippen LogP contribution in [0.2, 0.25) is 0 Å². The molecule has 46 heavy (non-hydrogen) atoms. The maximum Gasteiger partial charge on any atom is 0.422 e. The van der Waals surface area contributed by atoms with Gasteiger partial charge in [0.2, 0.25) is 0 Å². The topological polar surface area (TPSA) is 122 Å². The molecule has 2 aromatic heterocycles. The van der Waals surface area contributed by atoms with E-state index in [4.69, 9.17) is 4.74 Å². The van der Waals surface area contributed by atoms with Crippen LogP contribution in [0.1, 0.15) is 32.3 Å². The summed E-state index contributed by atoms with van der Waals surface area (Å²) in [5.41, 5.74) is 2.21. The third kappa shape index (κ3) is 7.41. The van der Waals surface area contributed by atoms with Gasteiger partial charge in [0.15, 0.2) is 11.6 Å². The number of aromatic nitrogens is 2. The molecule has 0 radical (unpaired) electrons. The Balaban J connectivity index is 1.49. The van der Waals surface area contributed by atoms with Crippen LogP contribution >= 0.6 is 0 Å². The molecule has 2 aromatic carbocycles. The highest BCUT2D eigenvalue weighted by molar-refractivity contribution is 7.92. The Morgan fingerprint density at radius 2 is 1.78 bits per heavy atom. The molecule has 0 spiro atoms. The van der Waals surface area contributed by atoms with Gasteiger partial charge in [-0.25, -0.2) is 9.97 Å². The number of sulfonamides is 1. The lowest BCUT2D eigenvalue weighted by Gasteiger charge is -2.38. The number of nitrogens with zero attached hydrogens (tertiary/aromatic N) is 3. The Morgan fingerprint density at radius 3 is 2.52 bits per heavy atom. The van der Waals surface area contributed by atoms with E-state index in [0.29, 0.717) is 48.4 Å². The molecule has 5 rings (SSSR count). The van der Waals surface area contributed by atoms with Crippen LogP contribution in [0.3, 0.4) is 0 Å². The van der Waals surface area contributed by atoms with E-state index in [0.717, 1.165) is 11.1 Å². The number of piperidine rings is 1. The zero-order valence-electron chi connectivity index (χ0n) is 25.2. The van der Waals surface area contributed by atoms with E-state index in [1.165, 1.54) is 24.3 Å². The largest absolute Gasteiger partial charge is 0.484 e. The molecule has 0 amide bonds. The van der Waals surface area contributed by atoms with Crippen LogP contribution in [0.25, 0.3) is 22.4 Å². The van der Waals surface area contributed by atoms with Crippen LogP contribution < -0.4 is 14.4 Å². The summed E-state index contributed by atoms with van der Waals surface area (Å²) in [4.78, 5) is 22.7. The van der Waals surface area contributed by atoms with Crippen molar-refractivity contribution in [2.75, 3.05) is 29.3 Å². The highest BCUT2D eigenvalue weighted by Crippen LogP contribution is 2.36. The van der Waals surface area contributed by atoms with E-state index < -0.39 is 34.2 Å². The molecule has 1 atom stereocenters. The normalized spacial score (nSPS) is 17.0. The smallest absolute Gasteiger partial charge is 0.422 e. The second-order valence-electron chi connectivity index (χ2n) is 11.4. The molecule has 1 fully saturated rings. The van der Waals surface area contributed by atoms with Gasteiger partial charge in [-0.2, -0.15) is 21.6 Å². The number of aryl methyl sites for hydroxylation is 1. The van der Waals surface area contributed by atoms with Crippen molar-refractivity contribution in [3.05, 3.63) is 84.4 Å². The van der Waals surface area contributed by atoms with Gasteiger partial charge in [-0.1, -0.05) is 49.4 Å². The van der Waals surface area contributed by atoms with Gasteiger partial charge in [0.25, 0.3) is 10.0 Å². The number of halogens is 3. The van der Waals surface area contributed by atoms with Gasteiger partial charge in [-0.15, -0.1) is 0 Å². The number of carboxylic acid groups (broad SMARTS) is 1. The van der Waals surface area contributed by atoms with Crippen LogP contribution in [-0.2, 0) is 21.2 Å². The molecule has 1 unspecified atom stereocenters. The van der Waals surface area contributed by atoms with E-state index in [1.54, 1.807) is 42.2 Å². The number of anilines is 2. The van der Waals surface area contributed by atoms with Crippen molar-refractivity contribution >= 4 is 27.6 Å². The van der Waals surface area contributed by atoms with Crippen LogP contribution in [0, 0.1) is 5.41 Å². The molecule has 4 aromatic rings. The van der Waals surface area contributed by atoms with E-state index in [2.05, 4.69) is 14.7 Å². The number of ether oxygens (including phenoxy) is 1. The second kappa shape index (κ2) is 13.0. The van der Waals surface area contributed by atoms with E-state index >= 15 is 0 Å². The van der Waals surface area contributed by atoms with Gasteiger partial charge in [-0.3, -0.25) is 9.52 Å². The molecular formula is C33H33F3N4O5S. The number of hydrogen-bond acceptors (Lipinski definition) is 7. The van der Waals surface area contributed by atoms with E-state index in [9.17, 15) is 31.5 Å². The maximum absolute atomic E-state index is 13.6. The molecule has 1 saturated heterocycles. The fraction of sp³-hybridized carbons (Fsp3) is 0.303. The van der Waals surface area contributed by atoms with Crippen LogP contribution in [0.4, 0.5) is 24.8 Å². The predicted molar refractivity (Wildman–Crippen MR) is 168 cm³/mol. The Morgan fingerprint density at radius 1 is 1.02 bits per heavy atom. The minimum atomic E-state index is -4.50. The van der Waals surface area contributed by atoms with Gasteiger partial charge in [0.1, 0.15) is 17.4 Å². The van der Waals surface area contributed by atoms with E-state index in [1.807, 2.05) is 31.2 Å². The Labute approximate surface area is 265 Å². The van der Waals surface area contributed by atoms with Gasteiger partial charge in [0, 0.05) is 24.2 Å². The van der Waals surface area contributed by atoms with Gasteiger partial charge >= 0.3 is 12.1 Å². The summed E-state index contributed by atoms with van der Waals surface area (Å²) >= 11 is 0. The van der Waals surface area contributed by atoms with Crippen LogP contribution in [-0.4, -0.2) is 55.3 Å². The number of carboxylic acids is 1. The third-order valence-corrected chi connectivity index (χ3v) is 9.11. The standard InChI is InChI=1S/C33H33F3N4O5S/c1-3-22-9-4-5-12-25(22)30-26(23-10-6-11-24(19-23)45-21-33(34,35)36)15-16-27(37-30)39-46(43,44)29-14-7-13-28(38-29)40-18-8-17-32(2,20-40)31(41)42/h4-7,9-16,19H,3,8,17-18,20-21H2,1-2H3,(H,37,39)(H,41,42). The average Bonchev–Trinajstić information content (AvgIpc) is 3.03.